The number of esters is 1. The second-order valence-electron chi connectivity index (χ2n) is 8.46. The number of aromatic amines is 1. The van der Waals surface area contributed by atoms with Gasteiger partial charge in [0.25, 0.3) is 6.01 Å². The highest BCUT2D eigenvalue weighted by molar-refractivity contribution is 6.04. The van der Waals surface area contributed by atoms with Gasteiger partial charge in [0, 0.05) is 5.56 Å². The number of aromatic nitrogens is 6. The summed E-state index contributed by atoms with van der Waals surface area (Å²) < 4.78 is 18.6. The molecular formula is C29H26N6O4. The number of imidazole rings is 1. The van der Waals surface area contributed by atoms with Crippen LogP contribution in [0.3, 0.4) is 0 Å². The van der Waals surface area contributed by atoms with Crippen LogP contribution in [-0.2, 0) is 11.3 Å². The van der Waals surface area contributed by atoms with Crippen molar-refractivity contribution in [2.75, 3.05) is 20.3 Å². The molecule has 10 nitrogen and oxygen atoms in total. The molecule has 3 aromatic carbocycles. The fourth-order valence-corrected chi connectivity index (χ4v) is 4.30. The van der Waals surface area contributed by atoms with Crippen LogP contribution >= 0.6 is 0 Å². The maximum Gasteiger partial charge on any atom is 0.340 e. The van der Waals surface area contributed by atoms with Crippen molar-refractivity contribution in [2.45, 2.75) is 6.54 Å². The minimum atomic E-state index is -0.486. The first-order valence-corrected chi connectivity index (χ1v) is 12.2. The van der Waals surface area contributed by atoms with Crippen LogP contribution in [0.15, 0.2) is 86.0 Å². The molecule has 0 saturated carbocycles. The molecule has 39 heavy (non-hydrogen) atoms. The number of hydrogen-bond donors (Lipinski definition) is 1. The molecule has 2 heterocycles. The molecule has 0 spiro atoms. The maximum atomic E-state index is 12.7. The van der Waals surface area contributed by atoms with Gasteiger partial charge in [-0.05, 0) is 34.0 Å². The van der Waals surface area contributed by atoms with E-state index in [0.29, 0.717) is 40.7 Å². The van der Waals surface area contributed by atoms with E-state index >= 15 is 0 Å². The molecular weight excluding hydrogens is 496 g/mol. The molecule has 0 unspecified atom stereocenters. The van der Waals surface area contributed by atoms with Crippen LogP contribution in [0.25, 0.3) is 33.5 Å². The van der Waals surface area contributed by atoms with Crippen molar-refractivity contribution in [2.24, 2.45) is 0 Å². The first kappa shape index (κ1) is 25.4. The van der Waals surface area contributed by atoms with E-state index in [4.69, 9.17) is 14.2 Å². The first-order chi connectivity index (χ1) is 19.1. The van der Waals surface area contributed by atoms with E-state index in [2.05, 4.69) is 38.8 Å². The average molecular weight is 523 g/mol. The van der Waals surface area contributed by atoms with Gasteiger partial charge in [-0.15, -0.1) is 10.2 Å². The van der Waals surface area contributed by atoms with Crippen molar-refractivity contribution in [1.29, 1.82) is 0 Å². The highest BCUT2D eigenvalue weighted by atomic mass is 16.5. The van der Waals surface area contributed by atoms with Crippen molar-refractivity contribution in [1.82, 2.24) is 30.2 Å². The lowest BCUT2D eigenvalue weighted by molar-refractivity contribution is 0.0602. The molecule has 2 aromatic heterocycles. The fourth-order valence-electron chi connectivity index (χ4n) is 4.30. The largest absolute Gasteiger partial charge is 0.487 e. The van der Waals surface area contributed by atoms with Gasteiger partial charge in [-0.3, -0.25) is 4.57 Å². The SMILES string of the molecule is C=CCOc1ccc(C(=O)OC)c2c1nc(OCC=C)n2Cc1ccc(-c2ccccc2-c2nn[nH]n2)cc1. The molecule has 5 aromatic rings. The Balaban J connectivity index is 1.57. The van der Waals surface area contributed by atoms with Crippen molar-refractivity contribution >= 4 is 17.0 Å². The van der Waals surface area contributed by atoms with Crippen LogP contribution in [-0.4, -0.2) is 56.5 Å². The topological polar surface area (TPSA) is 117 Å². The second kappa shape index (κ2) is 11.4. The van der Waals surface area contributed by atoms with Gasteiger partial charge in [0.05, 0.1) is 24.7 Å². The summed E-state index contributed by atoms with van der Waals surface area (Å²) >= 11 is 0. The standard InChI is InChI=1S/C29H26N6O4/c1-4-16-38-24-15-14-23(28(36)37-3)26-25(24)30-29(39-17-5-2)35(26)18-19-10-12-20(13-11-19)21-8-6-7-9-22(21)27-31-33-34-32-27/h4-15H,1-2,16-18H2,3H3,(H,31,32,33,34). The Morgan fingerprint density at radius 1 is 0.974 bits per heavy atom. The van der Waals surface area contributed by atoms with Crippen molar-refractivity contribution < 1.29 is 19.0 Å². The minimum Gasteiger partial charge on any atom is -0.487 e. The van der Waals surface area contributed by atoms with E-state index < -0.39 is 5.97 Å². The third-order valence-electron chi connectivity index (χ3n) is 6.03. The van der Waals surface area contributed by atoms with Crippen LogP contribution in [0.2, 0.25) is 0 Å². The smallest absolute Gasteiger partial charge is 0.340 e. The third-order valence-corrected chi connectivity index (χ3v) is 6.03. The lowest BCUT2D eigenvalue weighted by Gasteiger charge is -2.13. The molecule has 0 saturated heterocycles. The number of rotatable bonds is 11. The van der Waals surface area contributed by atoms with Crippen LogP contribution in [0.5, 0.6) is 11.8 Å². The molecule has 0 radical (unpaired) electrons. The summed E-state index contributed by atoms with van der Waals surface area (Å²) in [4.78, 5) is 17.4. The Morgan fingerprint density at radius 2 is 1.72 bits per heavy atom. The number of H-pyrrole nitrogens is 1. The monoisotopic (exact) mass is 522 g/mol. The second-order valence-corrected chi connectivity index (χ2v) is 8.46. The Bertz CT molecular complexity index is 1620. The third kappa shape index (κ3) is 5.12. The summed E-state index contributed by atoms with van der Waals surface area (Å²) in [5, 5.41) is 14.4. The molecule has 1 N–H and O–H groups in total. The zero-order chi connectivity index (χ0) is 27.2. The summed E-state index contributed by atoms with van der Waals surface area (Å²) in [7, 11) is 1.34. The molecule has 0 atom stereocenters. The van der Waals surface area contributed by atoms with Crippen LogP contribution in [0, 0.1) is 0 Å². The molecule has 0 aliphatic carbocycles. The summed E-state index contributed by atoms with van der Waals surface area (Å²) in [5.74, 6) is 0.543. The van der Waals surface area contributed by atoms with E-state index in [-0.39, 0.29) is 13.2 Å². The van der Waals surface area contributed by atoms with Crippen LogP contribution < -0.4 is 9.47 Å². The number of tetrazole rings is 1. The number of nitrogens with one attached hydrogen (secondary N) is 1. The fraction of sp³-hybridized carbons (Fsp3) is 0.138. The number of methoxy groups -OCH3 is 1. The van der Waals surface area contributed by atoms with Gasteiger partial charge in [0.15, 0.2) is 0 Å². The molecule has 10 heteroatoms. The first-order valence-electron chi connectivity index (χ1n) is 12.2. The summed E-state index contributed by atoms with van der Waals surface area (Å²) in [5.41, 5.74) is 5.20. The Kier molecular flexibility index (Phi) is 7.44. The van der Waals surface area contributed by atoms with E-state index in [0.717, 1.165) is 22.3 Å². The van der Waals surface area contributed by atoms with E-state index in [1.54, 1.807) is 24.3 Å². The van der Waals surface area contributed by atoms with E-state index in [1.165, 1.54) is 7.11 Å². The predicted octanol–water partition coefficient (Wildman–Crippen LogP) is 4.85. The van der Waals surface area contributed by atoms with Gasteiger partial charge in [0.1, 0.15) is 24.5 Å². The Morgan fingerprint density at radius 3 is 2.41 bits per heavy atom. The zero-order valence-corrected chi connectivity index (χ0v) is 21.3. The summed E-state index contributed by atoms with van der Waals surface area (Å²) in [6.45, 7) is 8.36. The van der Waals surface area contributed by atoms with Crippen LogP contribution in [0.1, 0.15) is 15.9 Å². The maximum absolute atomic E-state index is 12.7. The lowest BCUT2D eigenvalue weighted by atomic mass is 9.98. The van der Waals surface area contributed by atoms with Crippen LogP contribution in [0.4, 0.5) is 0 Å². The molecule has 196 valence electrons. The van der Waals surface area contributed by atoms with Gasteiger partial charge in [-0.2, -0.15) is 10.2 Å². The van der Waals surface area contributed by atoms with E-state index in [1.807, 2.05) is 53.1 Å². The van der Waals surface area contributed by atoms with Gasteiger partial charge in [0.2, 0.25) is 5.82 Å². The number of fused-ring (bicyclic) bond motifs is 1. The Labute approximate surface area is 224 Å². The van der Waals surface area contributed by atoms with Crippen molar-refractivity contribution in [3.8, 4) is 34.3 Å². The highest BCUT2D eigenvalue weighted by Gasteiger charge is 2.23. The molecule has 0 fully saturated rings. The van der Waals surface area contributed by atoms with Gasteiger partial charge in [-0.25, -0.2) is 4.79 Å². The molecule has 0 amide bonds. The summed E-state index contributed by atoms with van der Waals surface area (Å²) in [6, 6.07) is 19.6. The van der Waals surface area contributed by atoms with Gasteiger partial charge < -0.3 is 14.2 Å². The number of benzene rings is 3. The Hall–Kier alpha value is -5.25. The molecule has 5 rings (SSSR count). The molecule has 0 aliphatic rings. The number of ether oxygens (including phenoxy) is 3. The molecule has 0 aliphatic heterocycles. The lowest BCUT2D eigenvalue weighted by Crippen LogP contribution is -2.09. The van der Waals surface area contributed by atoms with Gasteiger partial charge >= 0.3 is 5.97 Å². The number of carbonyl (C=O) groups excluding carboxylic acids is 1. The number of carbonyl (C=O) groups is 1. The normalized spacial score (nSPS) is 10.8. The average Bonchev–Trinajstić information content (AvgIpc) is 3.64. The minimum absolute atomic E-state index is 0.242. The number of nitrogens with zero attached hydrogens (tertiary/aromatic N) is 5. The van der Waals surface area contributed by atoms with E-state index in [9.17, 15) is 4.79 Å². The molecule has 0 bridgehead atoms. The van der Waals surface area contributed by atoms with Crippen molar-refractivity contribution in [3.63, 3.8) is 0 Å². The predicted molar refractivity (Wildman–Crippen MR) is 147 cm³/mol. The number of hydrogen-bond acceptors (Lipinski definition) is 8. The van der Waals surface area contributed by atoms with Gasteiger partial charge in [-0.1, -0.05) is 73.8 Å². The summed E-state index contributed by atoms with van der Waals surface area (Å²) in [6.07, 6.45) is 3.28. The zero-order valence-electron chi connectivity index (χ0n) is 21.3. The van der Waals surface area contributed by atoms with Crippen molar-refractivity contribution in [3.05, 3.63) is 97.1 Å². The highest BCUT2D eigenvalue weighted by Crippen LogP contribution is 2.34. The quantitative estimate of drug-likeness (QED) is 0.193.